The molecule has 0 aliphatic heterocycles. The molecule has 0 atom stereocenters. The Morgan fingerprint density at radius 1 is 0.875 bits per heavy atom. The van der Waals surface area contributed by atoms with Crippen LogP contribution in [-0.4, -0.2) is 6.10 Å². The molecular weight excluding hydrogens is 402 g/mol. The zero-order valence-corrected chi connectivity index (χ0v) is 17.9. The lowest BCUT2D eigenvalue weighted by molar-refractivity contribution is 0.242. The summed E-state index contributed by atoms with van der Waals surface area (Å²) >= 11 is 0. The van der Waals surface area contributed by atoms with E-state index in [1.54, 1.807) is 6.07 Å². The van der Waals surface area contributed by atoms with Crippen LogP contribution >= 0.6 is 0 Å². The molecule has 0 fully saturated rings. The number of hydrogen-bond donors (Lipinski definition) is 1. The minimum absolute atomic E-state index is 0.0807. The van der Waals surface area contributed by atoms with Crippen LogP contribution in [0.15, 0.2) is 92.5 Å². The second-order valence-electron chi connectivity index (χ2n) is 7.93. The van der Waals surface area contributed by atoms with Crippen molar-refractivity contribution in [2.75, 3.05) is 5.32 Å². The number of furan rings is 1. The van der Waals surface area contributed by atoms with Crippen molar-refractivity contribution in [2.24, 2.45) is 0 Å². The molecule has 0 amide bonds. The Labute approximate surface area is 185 Å². The van der Waals surface area contributed by atoms with Gasteiger partial charge in [0.15, 0.2) is 5.58 Å². The molecule has 0 aliphatic rings. The summed E-state index contributed by atoms with van der Waals surface area (Å²) in [5.74, 6) is 1.30. The summed E-state index contributed by atoms with van der Waals surface area (Å²) in [5, 5.41) is 4.57. The van der Waals surface area contributed by atoms with Crippen molar-refractivity contribution in [3.05, 3.63) is 94.8 Å². The normalized spacial score (nSPS) is 11.3. The summed E-state index contributed by atoms with van der Waals surface area (Å²) in [5.41, 5.74) is 3.24. The Bertz CT molecular complexity index is 1430. The summed E-state index contributed by atoms with van der Waals surface area (Å²) in [4.78, 5) is 13.0. The number of ether oxygens (including phenoxy) is 1. The van der Waals surface area contributed by atoms with Crippen LogP contribution in [0.1, 0.15) is 19.4 Å². The molecule has 2 heterocycles. The monoisotopic (exact) mass is 425 g/mol. The van der Waals surface area contributed by atoms with E-state index >= 15 is 0 Å². The Morgan fingerprint density at radius 2 is 1.59 bits per heavy atom. The van der Waals surface area contributed by atoms with Crippen LogP contribution in [0.4, 0.5) is 5.88 Å². The van der Waals surface area contributed by atoms with Crippen molar-refractivity contribution in [1.82, 2.24) is 0 Å². The van der Waals surface area contributed by atoms with Crippen LogP contribution in [0.5, 0.6) is 5.75 Å². The van der Waals surface area contributed by atoms with Crippen LogP contribution in [0.25, 0.3) is 33.1 Å². The second kappa shape index (κ2) is 8.27. The van der Waals surface area contributed by atoms with Gasteiger partial charge in [0, 0.05) is 6.54 Å². The smallest absolute Gasteiger partial charge is 0.348 e. The van der Waals surface area contributed by atoms with Gasteiger partial charge in [-0.3, -0.25) is 0 Å². The van der Waals surface area contributed by atoms with Gasteiger partial charge in [0.1, 0.15) is 16.7 Å². The summed E-state index contributed by atoms with van der Waals surface area (Å²) < 4.78 is 17.7. The molecule has 0 saturated carbocycles. The first kappa shape index (κ1) is 19.9. The third-order valence-electron chi connectivity index (χ3n) is 5.26. The molecular formula is C27H23NO4. The highest BCUT2D eigenvalue weighted by atomic mass is 16.5. The maximum atomic E-state index is 13.0. The second-order valence-corrected chi connectivity index (χ2v) is 7.93. The fourth-order valence-corrected chi connectivity index (χ4v) is 3.86. The van der Waals surface area contributed by atoms with Gasteiger partial charge >= 0.3 is 5.63 Å². The van der Waals surface area contributed by atoms with Crippen molar-refractivity contribution in [1.29, 1.82) is 0 Å². The van der Waals surface area contributed by atoms with E-state index in [0.717, 1.165) is 22.3 Å². The van der Waals surface area contributed by atoms with Gasteiger partial charge in [-0.05, 0) is 49.2 Å². The first-order chi connectivity index (χ1) is 15.6. The largest absolute Gasteiger partial charge is 0.491 e. The molecule has 0 saturated heterocycles. The van der Waals surface area contributed by atoms with Crippen LogP contribution in [0.3, 0.4) is 0 Å². The fraction of sp³-hybridized carbons (Fsp3) is 0.148. The fourth-order valence-electron chi connectivity index (χ4n) is 3.86. The summed E-state index contributed by atoms with van der Waals surface area (Å²) in [6, 6.07) is 25.1. The van der Waals surface area contributed by atoms with E-state index in [1.165, 1.54) is 0 Å². The Balaban J connectivity index is 1.67. The quantitative estimate of drug-likeness (QED) is 0.310. The van der Waals surface area contributed by atoms with Crippen LogP contribution in [0.2, 0.25) is 0 Å². The molecule has 5 heteroatoms. The lowest BCUT2D eigenvalue weighted by Crippen LogP contribution is -2.05. The Hall–Kier alpha value is -3.99. The third-order valence-corrected chi connectivity index (χ3v) is 5.26. The number of anilines is 1. The first-order valence-electron chi connectivity index (χ1n) is 10.6. The number of nitrogens with one attached hydrogen (secondary N) is 1. The number of rotatable bonds is 6. The average molecular weight is 425 g/mol. The maximum absolute atomic E-state index is 13.0. The number of para-hydroxylation sites is 1. The van der Waals surface area contributed by atoms with Gasteiger partial charge in [-0.1, -0.05) is 54.6 Å². The van der Waals surface area contributed by atoms with Crippen molar-refractivity contribution in [3.8, 4) is 16.9 Å². The molecule has 0 bridgehead atoms. The molecule has 32 heavy (non-hydrogen) atoms. The van der Waals surface area contributed by atoms with E-state index in [-0.39, 0.29) is 6.10 Å². The van der Waals surface area contributed by atoms with Crippen LogP contribution < -0.4 is 15.7 Å². The standard InChI is InChI=1S/C27H23NO4/c1-17(2)30-20-14-12-19(13-15-20)23-24-25(21-10-6-7-11-22(21)31-27(24)29)32-26(23)28-16-18-8-4-3-5-9-18/h3-15,17,28H,16H2,1-2H3. The molecule has 1 N–H and O–H groups in total. The minimum atomic E-state index is -0.423. The molecule has 0 unspecified atom stereocenters. The molecule has 2 aromatic heterocycles. The van der Waals surface area contributed by atoms with E-state index < -0.39 is 5.63 Å². The molecule has 0 aliphatic carbocycles. The lowest BCUT2D eigenvalue weighted by Gasteiger charge is -2.11. The maximum Gasteiger partial charge on any atom is 0.348 e. The average Bonchev–Trinajstić information content (AvgIpc) is 3.19. The SMILES string of the molecule is CC(C)Oc1ccc(-c2c(NCc3ccccc3)oc3c2c(=O)oc2ccccc23)cc1. The molecule has 5 aromatic rings. The third kappa shape index (κ3) is 3.73. The van der Waals surface area contributed by atoms with Gasteiger partial charge in [-0.25, -0.2) is 4.79 Å². The van der Waals surface area contributed by atoms with Crippen molar-refractivity contribution >= 4 is 27.8 Å². The predicted molar refractivity (Wildman–Crippen MR) is 127 cm³/mol. The Kier molecular flexibility index (Phi) is 5.15. The topological polar surface area (TPSA) is 64.6 Å². The van der Waals surface area contributed by atoms with Crippen LogP contribution in [-0.2, 0) is 6.54 Å². The predicted octanol–water partition coefficient (Wildman–Crippen LogP) is 6.61. The van der Waals surface area contributed by atoms with E-state index in [0.29, 0.717) is 34.5 Å². The van der Waals surface area contributed by atoms with E-state index in [4.69, 9.17) is 13.6 Å². The van der Waals surface area contributed by atoms with E-state index in [2.05, 4.69) is 5.32 Å². The molecule has 5 nitrogen and oxygen atoms in total. The van der Waals surface area contributed by atoms with E-state index in [9.17, 15) is 4.79 Å². The van der Waals surface area contributed by atoms with E-state index in [1.807, 2.05) is 86.6 Å². The van der Waals surface area contributed by atoms with Gasteiger partial charge < -0.3 is 18.9 Å². The first-order valence-corrected chi connectivity index (χ1v) is 10.6. The van der Waals surface area contributed by atoms with Gasteiger partial charge in [0.2, 0.25) is 5.88 Å². The summed E-state index contributed by atoms with van der Waals surface area (Å²) in [6.45, 7) is 4.53. The van der Waals surface area contributed by atoms with Crippen molar-refractivity contribution < 1.29 is 13.6 Å². The van der Waals surface area contributed by atoms with Gasteiger partial charge in [0.05, 0.1) is 17.1 Å². The molecule has 3 aromatic carbocycles. The van der Waals surface area contributed by atoms with Gasteiger partial charge in [-0.2, -0.15) is 0 Å². The molecule has 0 radical (unpaired) electrons. The molecule has 160 valence electrons. The summed E-state index contributed by atoms with van der Waals surface area (Å²) in [7, 11) is 0. The molecule has 5 rings (SSSR count). The van der Waals surface area contributed by atoms with Crippen molar-refractivity contribution in [3.63, 3.8) is 0 Å². The highest BCUT2D eigenvalue weighted by Gasteiger charge is 2.22. The lowest BCUT2D eigenvalue weighted by atomic mass is 10.0. The highest BCUT2D eigenvalue weighted by Crippen LogP contribution is 2.40. The highest BCUT2D eigenvalue weighted by molar-refractivity contribution is 6.09. The zero-order chi connectivity index (χ0) is 22.1. The minimum Gasteiger partial charge on any atom is -0.491 e. The zero-order valence-electron chi connectivity index (χ0n) is 17.9. The molecule has 0 spiro atoms. The van der Waals surface area contributed by atoms with Crippen LogP contribution in [0, 0.1) is 0 Å². The number of benzene rings is 3. The summed E-state index contributed by atoms with van der Waals surface area (Å²) in [6.07, 6.45) is 0.0807. The number of fused-ring (bicyclic) bond motifs is 3. The van der Waals surface area contributed by atoms with Gasteiger partial charge in [-0.15, -0.1) is 0 Å². The van der Waals surface area contributed by atoms with Crippen molar-refractivity contribution in [2.45, 2.75) is 26.5 Å². The Morgan fingerprint density at radius 3 is 2.34 bits per heavy atom. The number of hydrogen-bond acceptors (Lipinski definition) is 5. The van der Waals surface area contributed by atoms with Gasteiger partial charge in [0.25, 0.3) is 0 Å².